The molecule has 20 heavy (non-hydrogen) atoms. The number of nitrogens with two attached hydrogens (primary N) is 1. The number of hydrogen-bond acceptors (Lipinski definition) is 3. The second kappa shape index (κ2) is 7.53. The molecule has 5 nitrogen and oxygen atoms in total. The Hall–Kier alpha value is -2.04. The molecule has 0 aromatic heterocycles. The van der Waals surface area contributed by atoms with Crippen molar-refractivity contribution in [3.63, 3.8) is 0 Å². The van der Waals surface area contributed by atoms with Crippen molar-refractivity contribution in [2.45, 2.75) is 39.2 Å². The maximum absolute atomic E-state index is 11.8. The van der Waals surface area contributed by atoms with E-state index in [2.05, 4.69) is 5.32 Å². The summed E-state index contributed by atoms with van der Waals surface area (Å²) in [5.41, 5.74) is 7.27. The zero-order valence-corrected chi connectivity index (χ0v) is 11.9. The summed E-state index contributed by atoms with van der Waals surface area (Å²) in [6, 6.07) is 6.49. The monoisotopic (exact) mass is 278 g/mol. The standard InChI is InChI=1S/C15H22N2O3/c1-10(2)9-13(15(19)20)17-14(18)8-5-11-3-6-12(16)7-4-11/h3-4,6-7,10,13H,5,8-9,16H2,1-2H3,(H,17,18)(H,19,20). The minimum atomic E-state index is -0.987. The fourth-order valence-electron chi connectivity index (χ4n) is 1.90. The number of carboxylic acid groups (broad SMARTS) is 1. The number of anilines is 1. The van der Waals surface area contributed by atoms with Gasteiger partial charge in [0.15, 0.2) is 0 Å². The summed E-state index contributed by atoms with van der Waals surface area (Å²) < 4.78 is 0. The summed E-state index contributed by atoms with van der Waals surface area (Å²) in [6.45, 7) is 3.85. The summed E-state index contributed by atoms with van der Waals surface area (Å²) in [7, 11) is 0. The molecule has 1 amide bonds. The number of hydrogen-bond donors (Lipinski definition) is 3. The van der Waals surface area contributed by atoms with Gasteiger partial charge >= 0.3 is 5.97 Å². The Kier molecular flexibility index (Phi) is 6.03. The third-order valence-corrected chi connectivity index (χ3v) is 2.96. The van der Waals surface area contributed by atoms with E-state index in [9.17, 15) is 9.59 Å². The summed E-state index contributed by atoms with van der Waals surface area (Å²) >= 11 is 0. The lowest BCUT2D eigenvalue weighted by Crippen LogP contribution is -2.41. The molecule has 0 aliphatic heterocycles. The van der Waals surface area contributed by atoms with E-state index >= 15 is 0 Å². The van der Waals surface area contributed by atoms with Crippen molar-refractivity contribution in [2.75, 3.05) is 5.73 Å². The van der Waals surface area contributed by atoms with Crippen LogP contribution >= 0.6 is 0 Å². The molecule has 4 N–H and O–H groups in total. The molecule has 110 valence electrons. The Morgan fingerprint density at radius 1 is 1.25 bits per heavy atom. The van der Waals surface area contributed by atoms with Gasteiger partial charge in [0.05, 0.1) is 0 Å². The zero-order valence-electron chi connectivity index (χ0n) is 11.9. The first-order valence-electron chi connectivity index (χ1n) is 6.75. The smallest absolute Gasteiger partial charge is 0.326 e. The van der Waals surface area contributed by atoms with E-state index in [1.54, 1.807) is 12.1 Å². The fourth-order valence-corrected chi connectivity index (χ4v) is 1.90. The number of carbonyl (C=O) groups excluding carboxylic acids is 1. The summed E-state index contributed by atoms with van der Waals surface area (Å²) in [5, 5.41) is 11.6. The Bertz CT molecular complexity index is 455. The number of carbonyl (C=O) groups is 2. The zero-order chi connectivity index (χ0) is 15.1. The molecule has 0 spiro atoms. The van der Waals surface area contributed by atoms with Crippen LogP contribution in [0.15, 0.2) is 24.3 Å². The lowest BCUT2D eigenvalue weighted by molar-refractivity contribution is -0.142. The van der Waals surface area contributed by atoms with Gasteiger partial charge < -0.3 is 16.2 Å². The van der Waals surface area contributed by atoms with Crippen LogP contribution in [0.1, 0.15) is 32.3 Å². The van der Waals surface area contributed by atoms with Crippen molar-refractivity contribution in [3.05, 3.63) is 29.8 Å². The second-order valence-electron chi connectivity index (χ2n) is 5.33. The summed E-state index contributed by atoms with van der Waals surface area (Å²) in [5.74, 6) is -1.01. The highest BCUT2D eigenvalue weighted by Gasteiger charge is 2.20. The van der Waals surface area contributed by atoms with Gasteiger partial charge in [-0.2, -0.15) is 0 Å². The Balaban J connectivity index is 2.45. The highest BCUT2D eigenvalue weighted by atomic mass is 16.4. The molecule has 1 atom stereocenters. The van der Waals surface area contributed by atoms with E-state index in [-0.39, 0.29) is 18.2 Å². The van der Waals surface area contributed by atoms with Gasteiger partial charge in [0.25, 0.3) is 0 Å². The van der Waals surface area contributed by atoms with Crippen LogP contribution in [0.2, 0.25) is 0 Å². The quantitative estimate of drug-likeness (QED) is 0.663. The SMILES string of the molecule is CC(C)CC(NC(=O)CCc1ccc(N)cc1)C(=O)O. The van der Waals surface area contributed by atoms with Crippen LogP contribution in [0.3, 0.4) is 0 Å². The molecular weight excluding hydrogens is 256 g/mol. The average molecular weight is 278 g/mol. The number of benzene rings is 1. The predicted molar refractivity (Wildman–Crippen MR) is 78.2 cm³/mol. The van der Waals surface area contributed by atoms with Crippen molar-refractivity contribution in [1.82, 2.24) is 5.32 Å². The van der Waals surface area contributed by atoms with Crippen LogP contribution in [0.5, 0.6) is 0 Å². The van der Waals surface area contributed by atoms with Crippen molar-refractivity contribution in [1.29, 1.82) is 0 Å². The molecule has 1 rings (SSSR count). The molecule has 0 heterocycles. The first-order valence-corrected chi connectivity index (χ1v) is 6.75. The third-order valence-electron chi connectivity index (χ3n) is 2.96. The topological polar surface area (TPSA) is 92.4 Å². The van der Waals surface area contributed by atoms with Crippen LogP contribution in [0.4, 0.5) is 5.69 Å². The van der Waals surface area contributed by atoms with Crippen LogP contribution in [0.25, 0.3) is 0 Å². The predicted octanol–water partition coefficient (Wildman–Crippen LogP) is 1.82. The molecule has 1 unspecified atom stereocenters. The van der Waals surface area contributed by atoms with Crippen LogP contribution < -0.4 is 11.1 Å². The Morgan fingerprint density at radius 3 is 2.35 bits per heavy atom. The first kappa shape index (κ1) is 16.0. The number of aryl methyl sites for hydroxylation is 1. The van der Waals surface area contributed by atoms with Gasteiger partial charge in [-0.05, 0) is 36.5 Å². The largest absolute Gasteiger partial charge is 0.480 e. The van der Waals surface area contributed by atoms with E-state index in [0.29, 0.717) is 18.5 Å². The lowest BCUT2D eigenvalue weighted by Gasteiger charge is -2.16. The molecule has 0 aliphatic rings. The van der Waals surface area contributed by atoms with Crippen LogP contribution in [0, 0.1) is 5.92 Å². The number of carboxylic acids is 1. The number of amides is 1. The highest BCUT2D eigenvalue weighted by molar-refractivity contribution is 5.83. The van der Waals surface area contributed by atoms with Crippen molar-refractivity contribution >= 4 is 17.6 Å². The number of nitrogen functional groups attached to an aromatic ring is 1. The summed E-state index contributed by atoms with van der Waals surface area (Å²) in [4.78, 5) is 22.8. The third kappa shape index (κ3) is 5.73. The number of rotatable bonds is 7. The molecule has 5 heteroatoms. The lowest BCUT2D eigenvalue weighted by atomic mass is 10.0. The molecule has 0 bridgehead atoms. The van der Waals surface area contributed by atoms with Gasteiger partial charge in [-0.15, -0.1) is 0 Å². The molecule has 1 aromatic rings. The highest BCUT2D eigenvalue weighted by Crippen LogP contribution is 2.09. The van der Waals surface area contributed by atoms with Gasteiger partial charge in [0, 0.05) is 12.1 Å². The molecule has 0 radical (unpaired) electrons. The van der Waals surface area contributed by atoms with E-state index in [4.69, 9.17) is 10.8 Å². The molecular formula is C15H22N2O3. The van der Waals surface area contributed by atoms with Crippen LogP contribution in [-0.2, 0) is 16.0 Å². The maximum Gasteiger partial charge on any atom is 0.326 e. The van der Waals surface area contributed by atoms with Crippen molar-refractivity contribution in [2.24, 2.45) is 5.92 Å². The van der Waals surface area contributed by atoms with Crippen molar-refractivity contribution < 1.29 is 14.7 Å². The first-order chi connectivity index (χ1) is 9.38. The van der Waals surface area contributed by atoms with E-state index in [0.717, 1.165) is 5.56 Å². The Morgan fingerprint density at radius 2 is 1.85 bits per heavy atom. The molecule has 1 aromatic carbocycles. The molecule has 0 fully saturated rings. The van der Waals surface area contributed by atoms with Crippen LogP contribution in [-0.4, -0.2) is 23.0 Å². The normalized spacial score (nSPS) is 12.2. The second-order valence-corrected chi connectivity index (χ2v) is 5.33. The van der Waals surface area contributed by atoms with E-state index in [1.165, 1.54) is 0 Å². The molecule has 0 saturated heterocycles. The average Bonchev–Trinajstić information content (AvgIpc) is 2.36. The van der Waals surface area contributed by atoms with Crippen molar-refractivity contribution in [3.8, 4) is 0 Å². The van der Waals surface area contributed by atoms with E-state index < -0.39 is 12.0 Å². The minimum Gasteiger partial charge on any atom is -0.480 e. The van der Waals surface area contributed by atoms with E-state index in [1.807, 2.05) is 26.0 Å². The van der Waals surface area contributed by atoms with Gasteiger partial charge in [0.1, 0.15) is 6.04 Å². The van der Waals surface area contributed by atoms with Gasteiger partial charge in [-0.25, -0.2) is 4.79 Å². The molecule has 0 saturated carbocycles. The number of nitrogens with one attached hydrogen (secondary N) is 1. The van der Waals surface area contributed by atoms with Gasteiger partial charge in [-0.1, -0.05) is 26.0 Å². The minimum absolute atomic E-state index is 0.216. The number of aliphatic carboxylic acids is 1. The van der Waals surface area contributed by atoms with Gasteiger partial charge in [0.2, 0.25) is 5.91 Å². The maximum atomic E-state index is 11.8. The molecule has 0 aliphatic carbocycles. The Labute approximate surface area is 119 Å². The summed E-state index contributed by atoms with van der Waals surface area (Å²) in [6.07, 6.45) is 1.27. The van der Waals surface area contributed by atoms with Gasteiger partial charge in [-0.3, -0.25) is 4.79 Å². The fraction of sp³-hybridized carbons (Fsp3) is 0.467.